The predicted octanol–water partition coefficient (Wildman–Crippen LogP) is -0.796. The van der Waals surface area contributed by atoms with Gasteiger partial charge in [0.2, 0.25) is 5.91 Å². The van der Waals surface area contributed by atoms with Crippen LogP contribution in [0.5, 0.6) is 11.5 Å². The lowest BCUT2D eigenvalue weighted by Gasteiger charge is -2.09. The fraction of sp³-hybridized carbons (Fsp3) is 0.462. The van der Waals surface area contributed by atoms with Crippen LogP contribution in [-0.4, -0.2) is 45.3 Å². The molecule has 0 saturated heterocycles. The Hall–Kier alpha value is -1.75. The Morgan fingerprint density at radius 2 is 2.17 bits per heavy atom. The van der Waals surface area contributed by atoms with Gasteiger partial charge < -0.3 is 20.1 Å². The van der Waals surface area contributed by atoms with Gasteiger partial charge in [0.05, 0.1) is 40.7 Å². The van der Waals surface area contributed by atoms with E-state index in [0.29, 0.717) is 18.7 Å². The number of nitrogens with one attached hydrogen (secondary N) is 2. The second-order valence-corrected chi connectivity index (χ2v) is 4.49. The van der Waals surface area contributed by atoms with E-state index in [0.717, 1.165) is 12.1 Å². The number of amides is 1. The molecule has 1 rings (SSSR count). The molecule has 1 aromatic rings. The molecule has 3 N–H and O–H groups in total. The van der Waals surface area contributed by atoms with Crippen LogP contribution in [0.25, 0.3) is 0 Å². The van der Waals surface area contributed by atoms with Crippen LogP contribution in [-0.2, 0) is 11.2 Å². The number of quaternary nitrogens is 1. The third-order valence-electron chi connectivity index (χ3n) is 2.56. The van der Waals surface area contributed by atoms with E-state index in [4.69, 9.17) is 4.74 Å². The zero-order valence-corrected chi connectivity index (χ0v) is 11.1. The number of aromatic hydroxyl groups is 1. The third kappa shape index (κ3) is 4.63. The van der Waals surface area contributed by atoms with E-state index in [9.17, 15) is 9.90 Å². The van der Waals surface area contributed by atoms with Crippen molar-refractivity contribution < 1.29 is 19.5 Å². The maximum Gasteiger partial charge on any atom is 0.224 e. The maximum absolute atomic E-state index is 11.7. The molecule has 0 aliphatic heterocycles. The van der Waals surface area contributed by atoms with Crippen molar-refractivity contribution in [2.45, 2.75) is 6.42 Å². The van der Waals surface area contributed by atoms with Gasteiger partial charge in [-0.05, 0) is 17.7 Å². The van der Waals surface area contributed by atoms with Gasteiger partial charge in [-0.15, -0.1) is 0 Å². The van der Waals surface area contributed by atoms with Gasteiger partial charge in [0.1, 0.15) is 0 Å². The van der Waals surface area contributed by atoms with E-state index in [1.807, 2.05) is 14.1 Å². The van der Waals surface area contributed by atoms with Crippen molar-refractivity contribution in [3.63, 3.8) is 0 Å². The molecule has 0 aliphatic carbocycles. The van der Waals surface area contributed by atoms with Crippen LogP contribution in [0.1, 0.15) is 5.56 Å². The van der Waals surface area contributed by atoms with E-state index in [1.165, 1.54) is 18.1 Å². The lowest BCUT2D eigenvalue weighted by Crippen LogP contribution is -3.06. The summed E-state index contributed by atoms with van der Waals surface area (Å²) in [5.74, 6) is 0.444. The van der Waals surface area contributed by atoms with Crippen LogP contribution in [0, 0.1) is 0 Å². The number of carbonyl (C=O) groups is 1. The normalized spacial score (nSPS) is 10.4. The number of methoxy groups -OCH3 is 1. The zero-order chi connectivity index (χ0) is 13.5. The number of hydrogen-bond donors (Lipinski definition) is 3. The lowest BCUT2D eigenvalue weighted by molar-refractivity contribution is -0.856. The summed E-state index contributed by atoms with van der Waals surface area (Å²) in [5, 5.41) is 12.3. The Labute approximate surface area is 107 Å². The van der Waals surface area contributed by atoms with Crippen LogP contribution < -0.4 is 15.0 Å². The number of rotatable bonds is 6. The summed E-state index contributed by atoms with van der Waals surface area (Å²) in [6.45, 7) is 1.56. The van der Waals surface area contributed by atoms with E-state index >= 15 is 0 Å². The Bertz CT molecular complexity index is 405. The summed E-state index contributed by atoms with van der Waals surface area (Å²) in [6, 6.07) is 4.92. The Morgan fingerprint density at radius 3 is 2.78 bits per heavy atom. The Kier molecular flexibility index (Phi) is 5.45. The van der Waals surface area contributed by atoms with Gasteiger partial charge in [0, 0.05) is 0 Å². The molecule has 0 bridgehead atoms. The molecule has 18 heavy (non-hydrogen) atoms. The standard InChI is InChI=1S/C13H20N2O3/c1-15(2)7-6-14-13(17)9-10-4-5-11(16)12(8-10)18-3/h4-5,8,16H,6-7,9H2,1-3H3,(H,14,17)/p+1. The number of ether oxygens (including phenoxy) is 1. The smallest absolute Gasteiger partial charge is 0.224 e. The van der Waals surface area contributed by atoms with Crippen LogP contribution in [0.3, 0.4) is 0 Å². The molecule has 0 unspecified atom stereocenters. The number of likely N-dealkylation sites (N-methyl/N-ethyl adjacent to an activating group) is 1. The van der Waals surface area contributed by atoms with Crippen LogP contribution in [0.4, 0.5) is 0 Å². The lowest BCUT2D eigenvalue weighted by atomic mass is 10.1. The van der Waals surface area contributed by atoms with Crippen molar-refractivity contribution in [2.24, 2.45) is 0 Å². The van der Waals surface area contributed by atoms with Crippen LogP contribution >= 0.6 is 0 Å². The number of hydrogen-bond acceptors (Lipinski definition) is 3. The maximum atomic E-state index is 11.7. The first-order chi connectivity index (χ1) is 8.52. The minimum Gasteiger partial charge on any atom is -0.504 e. The van der Waals surface area contributed by atoms with Crippen LogP contribution in [0.15, 0.2) is 18.2 Å². The number of carbonyl (C=O) groups excluding carboxylic acids is 1. The zero-order valence-electron chi connectivity index (χ0n) is 11.1. The summed E-state index contributed by atoms with van der Waals surface area (Å²) in [7, 11) is 5.56. The molecular weight excluding hydrogens is 232 g/mol. The van der Waals surface area contributed by atoms with Crippen molar-refractivity contribution in [3.8, 4) is 11.5 Å². The van der Waals surface area contributed by atoms with E-state index in [-0.39, 0.29) is 11.7 Å². The molecule has 0 radical (unpaired) electrons. The quantitative estimate of drug-likeness (QED) is 0.622. The molecule has 1 amide bonds. The highest BCUT2D eigenvalue weighted by molar-refractivity contribution is 5.78. The minimum atomic E-state index is -0.0241. The number of phenolic OH excluding ortho intramolecular Hbond substituents is 1. The summed E-state index contributed by atoms with van der Waals surface area (Å²) in [6.07, 6.45) is 0.291. The minimum absolute atomic E-state index is 0.0241. The average Bonchev–Trinajstić information content (AvgIpc) is 2.31. The monoisotopic (exact) mass is 253 g/mol. The van der Waals surface area contributed by atoms with E-state index in [1.54, 1.807) is 12.1 Å². The van der Waals surface area contributed by atoms with Crippen molar-refractivity contribution in [2.75, 3.05) is 34.3 Å². The van der Waals surface area contributed by atoms with Gasteiger partial charge in [0.15, 0.2) is 11.5 Å². The van der Waals surface area contributed by atoms with Crippen molar-refractivity contribution in [1.29, 1.82) is 0 Å². The van der Waals surface area contributed by atoms with Gasteiger partial charge in [-0.25, -0.2) is 0 Å². The molecule has 0 aromatic heterocycles. The first-order valence-corrected chi connectivity index (χ1v) is 5.94. The summed E-state index contributed by atoms with van der Waals surface area (Å²) < 4.78 is 4.99. The molecule has 100 valence electrons. The Balaban J connectivity index is 2.49. The predicted molar refractivity (Wildman–Crippen MR) is 69.1 cm³/mol. The first kappa shape index (κ1) is 14.3. The molecular formula is C13H21N2O3+. The van der Waals surface area contributed by atoms with Gasteiger partial charge >= 0.3 is 0 Å². The summed E-state index contributed by atoms with van der Waals surface area (Å²) in [5.41, 5.74) is 0.819. The molecule has 0 heterocycles. The summed E-state index contributed by atoms with van der Waals surface area (Å²) in [4.78, 5) is 12.9. The molecule has 0 spiro atoms. The molecule has 5 heteroatoms. The van der Waals surface area contributed by atoms with Gasteiger partial charge in [0.25, 0.3) is 0 Å². The first-order valence-electron chi connectivity index (χ1n) is 5.94. The van der Waals surface area contributed by atoms with Crippen LogP contribution in [0.2, 0.25) is 0 Å². The molecule has 1 aromatic carbocycles. The topological polar surface area (TPSA) is 63.0 Å². The highest BCUT2D eigenvalue weighted by Gasteiger charge is 2.07. The average molecular weight is 253 g/mol. The highest BCUT2D eigenvalue weighted by Crippen LogP contribution is 2.26. The molecule has 0 saturated carbocycles. The second kappa shape index (κ2) is 6.86. The van der Waals surface area contributed by atoms with E-state index < -0.39 is 0 Å². The van der Waals surface area contributed by atoms with Gasteiger partial charge in [-0.1, -0.05) is 6.07 Å². The molecule has 0 fully saturated rings. The van der Waals surface area contributed by atoms with Crippen molar-refractivity contribution in [1.82, 2.24) is 5.32 Å². The fourth-order valence-electron chi connectivity index (χ4n) is 1.53. The molecule has 5 nitrogen and oxygen atoms in total. The number of benzene rings is 1. The third-order valence-corrected chi connectivity index (χ3v) is 2.56. The number of phenols is 1. The largest absolute Gasteiger partial charge is 0.504 e. The highest BCUT2D eigenvalue weighted by atomic mass is 16.5. The molecule has 0 aliphatic rings. The fourth-order valence-corrected chi connectivity index (χ4v) is 1.53. The summed E-state index contributed by atoms with van der Waals surface area (Å²) >= 11 is 0. The second-order valence-electron chi connectivity index (χ2n) is 4.49. The SMILES string of the molecule is COc1cc(CC(=O)NCC[NH+](C)C)ccc1O. The van der Waals surface area contributed by atoms with Crippen molar-refractivity contribution >= 4 is 5.91 Å². The van der Waals surface area contributed by atoms with Gasteiger partial charge in [-0.3, -0.25) is 4.79 Å². The van der Waals surface area contributed by atoms with Gasteiger partial charge in [-0.2, -0.15) is 0 Å². The van der Waals surface area contributed by atoms with E-state index in [2.05, 4.69) is 5.32 Å². The Morgan fingerprint density at radius 1 is 1.44 bits per heavy atom. The van der Waals surface area contributed by atoms with Crippen molar-refractivity contribution in [3.05, 3.63) is 23.8 Å². The molecule has 0 atom stereocenters.